The van der Waals surface area contributed by atoms with Gasteiger partial charge in [-0.2, -0.15) is 0 Å². The van der Waals surface area contributed by atoms with E-state index in [1.54, 1.807) is 0 Å². The largest absolute Gasteiger partial charge is 0.494 e. The van der Waals surface area contributed by atoms with Crippen LogP contribution >= 0.6 is 11.3 Å². The van der Waals surface area contributed by atoms with Crippen LogP contribution in [0.4, 0.5) is 0 Å². The zero-order valence-electron chi connectivity index (χ0n) is 14.5. The lowest BCUT2D eigenvalue weighted by Gasteiger charge is -2.35. The van der Waals surface area contributed by atoms with Gasteiger partial charge in [-0.15, -0.1) is 11.3 Å². The quantitative estimate of drug-likeness (QED) is 0.766. The molecular weight excluding hydrogens is 318 g/mol. The average molecular weight is 343 g/mol. The van der Waals surface area contributed by atoms with Crippen molar-refractivity contribution in [2.75, 3.05) is 13.2 Å². The molecule has 1 aliphatic heterocycles. The van der Waals surface area contributed by atoms with Gasteiger partial charge < -0.3 is 9.64 Å². The van der Waals surface area contributed by atoms with Crippen LogP contribution in [-0.4, -0.2) is 24.0 Å². The van der Waals surface area contributed by atoms with E-state index in [2.05, 4.69) is 29.3 Å². The minimum atomic E-state index is 0.245. The van der Waals surface area contributed by atoms with Gasteiger partial charge in [0.25, 0.3) is 0 Å². The van der Waals surface area contributed by atoms with Crippen LogP contribution in [-0.2, 0) is 17.6 Å². The molecule has 1 aliphatic rings. The van der Waals surface area contributed by atoms with Crippen molar-refractivity contribution in [3.05, 3.63) is 51.7 Å². The molecule has 1 aromatic carbocycles. The van der Waals surface area contributed by atoms with Crippen molar-refractivity contribution in [2.24, 2.45) is 0 Å². The van der Waals surface area contributed by atoms with E-state index in [1.807, 2.05) is 36.5 Å². The first-order chi connectivity index (χ1) is 11.7. The van der Waals surface area contributed by atoms with Gasteiger partial charge >= 0.3 is 0 Å². The lowest BCUT2D eigenvalue weighted by molar-refractivity contribution is -0.134. The number of hydrogen-bond donors (Lipinski definition) is 0. The number of aryl methyl sites for hydroxylation is 1. The fourth-order valence-corrected chi connectivity index (χ4v) is 4.46. The zero-order chi connectivity index (χ0) is 16.9. The maximum atomic E-state index is 12.8. The Labute approximate surface area is 148 Å². The first-order valence-corrected chi connectivity index (χ1v) is 9.69. The van der Waals surface area contributed by atoms with Crippen molar-refractivity contribution in [3.63, 3.8) is 0 Å². The Hall–Kier alpha value is -1.81. The molecule has 0 fully saturated rings. The normalized spacial score (nSPS) is 16.8. The molecule has 1 amide bonds. The SMILES string of the molecule is CCOc1ccccc1CCC(=O)N1CCc2sccc2C1CC. The predicted octanol–water partition coefficient (Wildman–Crippen LogP) is 4.62. The molecule has 1 aromatic heterocycles. The molecule has 3 rings (SSSR count). The number of thiophene rings is 1. The van der Waals surface area contributed by atoms with E-state index < -0.39 is 0 Å². The van der Waals surface area contributed by atoms with Crippen LogP contribution in [0.2, 0.25) is 0 Å². The number of carbonyl (C=O) groups excluding carboxylic acids is 1. The maximum Gasteiger partial charge on any atom is 0.223 e. The van der Waals surface area contributed by atoms with E-state index in [0.29, 0.717) is 13.0 Å². The Morgan fingerprint density at radius 1 is 1.29 bits per heavy atom. The summed E-state index contributed by atoms with van der Waals surface area (Å²) in [6, 6.07) is 10.5. The van der Waals surface area contributed by atoms with Crippen molar-refractivity contribution in [2.45, 2.75) is 45.6 Å². The second-order valence-corrected chi connectivity index (χ2v) is 7.10. The molecule has 2 aromatic rings. The summed E-state index contributed by atoms with van der Waals surface area (Å²) in [7, 11) is 0. The van der Waals surface area contributed by atoms with Crippen molar-refractivity contribution in [1.82, 2.24) is 4.90 Å². The Morgan fingerprint density at radius 3 is 2.92 bits per heavy atom. The minimum absolute atomic E-state index is 0.245. The van der Waals surface area contributed by atoms with Crippen molar-refractivity contribution >= 4 is 17.2 Å². The van der Waals surface area contributed by atoms with Gasteiger partial charge in [-0.3, -0.25) is 4.79 Å². The third kappa shape index (κ3) is 3.48. The van der Waals surface area contributed by atoms with Gasteiger partial charge in [0.15, 0.2) is 0 Å². The van der Waals surface area contributed by atoms with Crippen LogP contribution in [0.15, 0.2) is 35.7 Å². The first-order valence-electron chi connectivity index (χ1n) is 8.81. The van der Waals surface area contributed by atoms with Crippen LogP contribution in [0, 0.1) is 0 Å². The van der Waals surface area contributed by atoms with Crippen molar-refractivity contribution in [1.29, 1.82) is 0 Å². The van der Waals surface area contributed by atoms with Gasteiger partial charge in [0.05, 0.1) is 12.6 Å². The monoisotopic (exact) mass is 343 g/mol. The molecule has 1 atom stereocenters. The second-order valence-electron chi connectivity index (χ2n) is 6.10. The Balaban J connectivity index is 1.67. The average Bonchev–Trinajstić information content (AvgIpc) is 3.08. The number of benzene rings is 1. The Kier molecular flexibility index (Phi) is 5.56. The highest BCUT2D eigenvalue weighted by Gasteiger charge is 2.29. The first kappa shape index (κ1) is 17.0. The predicted molar refractivity (Wildman–Crippen MR) is 98.7 cm³/mol. The smallest absolute Gasteiger partial charge is 0.223 e. The molecule has 1 unspecified atom stereocenters. The van der Waals surface area contributed by atoms with Gasteiger partial charge in [0, 0.05) is 17.8 Å². The lowest BCUT2D eigenvalue weighted by atomic mass is 9.97. The lowest BCUT2D eigenvalue weighted by Crippen LogP contribution is -2.39. The van der Waals surface area contributed by atoms with Crippen molar-refractivity contribution < 1.29 is 9.53 Å². The molecule has 3 nitrogen and oxygen atoms in total. The molecule has 0 spiro atoms. The molecule has 0 radical (unpaired) electrons. The zero-order valence-corrected chi connectivity index (χ0v) is 15.3. The summed E-state index contributed by atoms with van der Waals surface area (Å²) in [5, 5.41) is 2.15. The van der Waals surface area contributed by atoms with Gasteiger partial charge in [-0.25, -0.2) is 0 Å². The third-order valence-electron chi connectivity index (χ3n) is 4.68. The fourth-order valence-electron chi connectivity index (χ4n) is 3.53. The summed E-state index contributed by atoms with van der Waals surface area (Å²) in [6.07, 6.45) is 3.24. The molecule has 0 saturated carbocycles. The number of nitrogens with zero attached hydrogens (tertiary/aromatic N) is 1. The standard InChI is InChI=1S/C20H25NO2S/c1-3-17-16-12-14-24-19(16)11-13-21(17)20(22)10-9-15-7-5-6-8-18(15)23-4-2/h5-8,12,14,17H,3-4,9-11,13H2,1-2H3. The Bertz CT molecular complexity index is 694. The van der Waals surface area contributed by atoms with Crippen LogP contribution < -0.4 is 4.74 Å². The summed E-state index contributed by atoms with van der Waals surface area (Å²) in [4.78, 5) is 16.4. The summed E-state index contributed by atoms with van der Waals surface area (Å²) in [6.45, 7) is 5.65. The molecule has 0 saturated heterocycles. The molecule has 0 aliphatic carbocycles. The van der Waals surface area contributed by atoms with Crippen LogP contribution in [0.25, 0.3) is 0 Å². The maximum absolute atomic E-state index is 12.8. The van der Waals surface area contributed by atoms with Crippen LogP contribution in [0.3, 0.4) is 0 Å². The summed E-state index contributed by atoms with van der Waals surface area (Å²) in [5.41, 5.74) is 2.48. The van der Waals surface area contributed by atoms with Crippen LogP contribution in [0.1, 0.15) is 48.7 Å². The van der Waals surface area contributed by atoms with Gasteiger partial charge in [0.2, 0.25) is 5.91 Å². The molecule has 4 heteroatoms. The summed E-state index contributed by atoms with van der Waals surface area (Å²) < 4.78 is 5.67. The van der Waals surface area contributed by atoms with Gasteiger partial charge in [-0.1, -0.05) is 25.1 Å². The molecular formula is C20H25NO2S. The van der Waals surface area contributed by atoms with E-state index in [-0.39, 0.29) is 11.9 Å². The number of hydrogen-bond acceptors (Lipinski definition) is 3. The Morgan fingerprint density at radius 2 is 2.12 bits per heavy atom. The molecule has 0 bridgehead atoms. The van der Waals surface area contributed by atoms with Crippen molar-refractivity contribution in [3.8, 4) is 5.75 Å². The summed E-state index contributed by atoms with van der Waals surface area (Å²) in [5.74, 6) is 1.16. The van der Waals surface area contributed by atoms with E-state index >= 15 is 0 Å². The number of ether oxygens (including phenoxy) is 1. The topological polar surface area (TPSA) is 29.5 Å². The van der Waals surface area contributed by atoms with Gasteiger partial charge in [-0.05, 0) is 54.8 Å². The number of fused-ring (bicyclic) bond motifs is 1. The van der Waals surface area contributed by atoms with E-state index in [9.17, 15) is 4.79 Å². The highest BCUT2D eigenvalue weighted by atomic mass is 32.1. The van der Waals surface area contributed by atoms with E-state index in [4.69, 9.17) is 4.74 Å². The highest BCUT2D eigenvalue weighted by molar-refractivity contribution is 7.10. The highest BCUT2D eigenvalue weighted by Crippen LogP contribution is 2.35. The molecule has 2 heterocycles. The number of para-hydroxylation sites is 1. The third-order valence-corrected chi connectivity index (χ3v) is 5.68. The summed E-state index contributed by atoms with van der Waals surface area (Å²) >= 11 is 1.82. The molecule has 24 heavy (non-hydrogen) atoms. The number of amides is 1. The fraction of sp³-hybridized carbons (Fsp3) is 0.450. The van der Waals surface area contributed by atoms with E-state index in [1.165, 1.54) is 10.4 Å². The van der Waals surface area contributed by atoms with Crippen LogP contribution in [0.5, 0.6) is 5.75 Å². The van der Waals surface area contributed by atoms with E-state index in [0.717, 1.165) is 37.1 Å². The number of rotatable bonds is 6. The number of carbonyl (C=O) groups is 1. The van der Waals surface area contributed by atoms with Gasteiger partial charge in [0.1, 0.15) is 5.75 Å². The second kappa shape index (κ2) is 7.84. The molecule has 128 valence electrons. The molecule has 0 N–H and O–H groups in total. The minimum Gasteiger partial charge on any atom is -0.494 e.